The molecule has 2 heterocycles. The van der Waals surface area contributed by atoms with E-state index in [1.54, 1.807) is 4.90 Å². The number of aliphatic hydroxyl groups excluding tert-OH is 1. The van der Waals surface area contributed by atoms with Crippen LogP contribution in [0, 0.1) is 5.92 Å². The summed E-state index contributed by atoms with van der Waals surface area (Å²) in [4.78, 5) is 24.2. The zero-order valence-electron chi connectivity index (χ0n) is 7.90. The molecule has 0 saturated carbocycles. The minimum atomic E-state index is -0.317. The van der Waals surface area contributed by atoms with E-state index in [4.69, 9.17) is 5.11 Å². The molecule has 1 atom stereocenters. The van der Waals surface area contributed by atoms with Gasteiger partial charge in [-0.2, -0.15) is 0 Å². The first-order valence-electron chi connectivity index (χ1n) is 4.89. The third-order valence-corrected chi connectivity index (χ3v) is 2.82. The Kier molecular flexibility index (Phi) is 2.41. The Morgan fingerprint density at radius 2 is 2.29 bits per heavy atom. The first-order chi connectivity index (χ1) is 6.70. The van der Waals surface area contributed by atoms with E-state index >= 15 is 0 Å². The molecule has 2 N–H and O–H groups in total. The summed E-state index contributed by atoms with van der Waals surface area (Å²) in [5, 5.41) is 11.4. The van der Waals surface area contributed by atoms with Gasteiger partial charge in [-0.3, -0.25) is 9.59 Å². The second kappa shape index (κ2) is 3.57. The molecule has 2 rings (SSSR count). The van der Waals surface area contributed by atoms with Gasteiger partial charge in [0.2, 0.25) is 11.8 Å². The molecule has 0 aromatic carbocycles. The van der Waals surface area contributed by atoms with Crippen LogP contribution >= 0.6 is 0 Å². The van der Waals surface area contributed by atoms with Crippen LogP contribution in [0.4, 0.5) is 0 Å². The van der Waals surface area contributed by atoms with Gasteiger partial charge in [0.1, 0.15) is 6.04 Å². The van der Waals surface area contributed by atoms with Crippen molar-refractivity contribution in [3.63, 3.8) is 0 Å². The van der Waals surface area contributed by atoms with Gasteiger partial charge in [0.15, 0.2) is 0 Å². The number of nitrogens with zero attached hydrogens (tertiary/aromatic N) is 1. The smallest absolute Gasteiger partial charge is 0.245 e. The van der Waals surface area contributed by atoms with Crippen LogP contribution in [0.25, 0.3) is 0 Å². The third kappa shape index (κ3) is 1.59. The number of carbonyl (C=O) groups is 2. The minimum absolute atomic E-state index is 0.000509. The molecule has 5 heteroatoms. The van der Waals surface area contributed by atoms with Gasteiger partial charge in [-0.15, -0.1) is 0 Å². The second-order valence-corrected chi connectivity index (χ2v) is 3.95. The van der Waals surface area contributed by atoms with Crippen molar-refractivity contribution in [3.8, 4) is 0 Å². The monoisotopic (exact) mass is 198 g/mol. The maximum Gasteiger partial charge on any atom is 0.245 e. The molecule has 0 aromatic heterocycles. The molecular formula is C9H14N2O3. The Bertz CT molecular complexity index is 261. The van der Waals surface area contributed by atoms with E-state index in [0.717, 1.165) is 0 Å². The molecular weight excluding hydrogens is 184 g/mol. The minimum Gasteiger partial charge on any atom is -0.396 e. The number of hydrogen-bond acceptors (Lipinski definition) is 3. The summed E-state index contributed by atoms with van der Waals surface area (Å²) in [5.41, 5.74) is 0. The van der Waals surface area contributed by atoms with E-state index in [2.05, 4.69) is 5.32 Å². The number of nitrogens with one attached hydrogen (secondary N) is 1. The molecule has 5 nitrogen and oxygen atoms in total. The molecule has 2 saturated heterocycles. The Morgan fingerprint density at radius 1 is 1.57 bits per heavy atom. The molecule has 0 aromatic rings. The fraction of sp³-hybridized carbons (Fsp3) is 0.778. The van der Waals surface area contributed by atoms with Crippen LogP contribution in [-0.2, 0) is 9.59 Å². The third-order valence-electron chi connectivity index (χ3n) is 2.82. The van der Waals surface area contributed by atoms with E-state index < -0.39 is 0 Å². The molecule has 14 heavy (non-hydrogen) atoms. The summed E-state index contributed by atoms with van der Waals surface area (Å²) in [6.45, 7) is 1.39. The van der Waals surface area contributed by atoms with Gasteiger partial charge in [-0.25, -0.2) is 0 Å². The van der Waals surface area contributed by atoms with Crippen molar-refractivity contribution >= 4 is 11.8 Å². The molecule has 0 aliphatic carbocycles. The maximum atomic E-state index is 11.7. The second-order valence-electron chi connectivity index (χ2n) is 3.95. The fourth-order valence-corrected chi connectivity index (χ4v) is 1.88. The Hall–Kier alpha value is -1.10. The fourth-order valence-electron chi connectivity index (χ4n) is 1.88. The highest BCUT2D eigenvalue weighted by Gasteiger charge is 2.36. The number of carbonyl (C=O) groups excluding carboxylic acids is 2. The molecule has 78 valence electrons. The van der Waals surface area contributed by atoms with Gasteiger partial charge < -0.3 is 15.3 Å². The average Bonchev–Trinajstić information content (AvgIpc) is 2.49. The van der Waals surface area contributed by atoms with Crippen LogP contribution < -0.4 is 5.32 Å². The van der Waals surface area contributed by atoms with Crippen LogP contribution in [0.3, 0.4) is 0 Å². The van der Waals surface area contributed by atoms with Crippen LogP contribution in [0.5, 0.6) is 0 Å². The van der Waals surface area contributed by atoms with Gasteiger partial charge in [-0.1, -0.05) is 0 Å². The van der Waals surface area contributed by atoms with Gasteiger partial charge in [0, 0.05) is 32.0 Å². The largest absolute Gasteiger partial charge is 0.396 e. The summed E-state index contributed by atoms with van der Waals surface area (Å²) in [6.07, 6.45) is 1.06. The van der Waals surface area contributed by atoms with Crippen LogP contribution in [-0.4, -0.2) is 47.6 Å². The predicted octanol–water partition coefficient (Wildman–Crippen LogP) is -1.28. The highest BCUT2D eigenvalue weighted by molar-refractivity contribution is 5.91. The van der Waals surface area contributed by atoms with Crippen LogP contribution in [0.1, 0.15) is 12.8 Å². The predicted molar refractivity (Wildman–Crippen MR) is 48.3 cm³/mol. The van der Waals surface area contributed by atoms with E-state index in [1.807, 2.05) is 0 Å². The standard InChI is InChI=1S/C9H14N2O3/c12-5-6-3-11(4-6)9(14)7-1-2-8(13)10-7/h6-7,12H,1-5H2,(H,10,13). The number of likely N-dealkylation sites (tertiary alicyclic amines) is 1. The van der Waals surface area contributed by atoms with E-state index in [9.17, 15) is 9.59 Å². The molecule has 2 fully saturated rings. The average molecular weight is 198 g/mol. The summed E-state index contributed by atoms with van der Waals surface area (Å²) in [5.74, 6) is 0.194. The number of aliphatic hydroxyl groups is 1. The molecule has 0 radical (unpaired) electrons. The van der Waals surface area contributed by atoms with Gasteiger partial charge in [0.25, 0.3) is 0 Å². The quantitative estimate of drug-likeness (QED) is 0.580. The number of hydrogen-bond donors (Lipinski definition) is 2. The van der Waals surface area contributed by atoms with Gasteiger partial charge in [-0.05, 0) is 6.42 Å². The summed E-state index contributed by atoms with van der Waals surface area (Å²) in [6, 6.07) is -0.317. The highest BCUT2D eigenvalue weighted by Crippen LogP contribution is 2.18. The summed E-state index contributed by atoms with van der Waals surface area (Å²) >= 11 is 0. The Labute approximate surface area is 82.1 Å². The van der Waals surface area contributed by atoms with Gasteiger partial charge in [0.05, 0.1) is 0 Å². The van der Waals surface area contributed by atoms with Gasteiger partial charge >= 0.3 is 0 Å². The van der Waals surface area contributed by atoms with Crippen molar-refractivity contribution in [1.82, 2.24) is 10.2 Å². The van der Waals surface area contributed by atoms with E-state index in [0.29, 0.717) is 25.9 Å². The van der Waals surface area contributed by atoms with Crippen molar-refractivity contribution in [2.75, 3.05) is 19.7 Å². The maximum absolute atomic E-state index is 11.7. The summed E-state index contributed by atoms with van der Waals surface area (Å²) in [7, 11) is 0. The molecule has 0 bridgehead atoms. The molecule has 0 spiro atoms. The Morgan fingerprint density at radius 3 is 2.79 bits per heavy atom. The lowest BCUT2D eigenvalue weighted by Crippen LogP contribution is -2.56. The van der Waals surface area contributed by atoms with Crippen molar-refractivity contribution < 1.29 is 14.7 Å². The Balaban J connectivity index is 1.82. The topological polar surface area (TPSA) is 69.6 Å². The van der Waals surface area contributed by atoms with Crippen molar-refractivity contribution in [2.24, 2.45) is 5.92 Å². The SMILES string of the molecule is O=C1CCC(C(=O)N2CC(CO)C2)N1. The first kappa shape index (κ1) is 9.45. The zero-order chi connectivity index (χ0) is 10.1. The molecule has 2 amide bonds. The molecule has 1 unspecified atom stereocenters. The lowest BCUT2D eigenvalue weighted by molar-refractivity contribution is -0.141. The van der Waals surface area contributed by atoms with E-state index in [1.165, 1.54) is 0 Å². The van der Waals surface area contributed by atoms with Crippen molar-refractivity contribution in [2.45, 2.75) is 18.9 Å². The number of amides is 2. The molecule has 2 aliphatic rings. The van der Waals surface area contributed by atoms with Crippen LogP contribution in [0.2, 0.25) is 0 Å². The summed E-state index contributed by atoms with van der Waals surface area (Å²) < 4.78 is 0. The van der Waals surface area contributed by atoms with Crippen molar-refractivity contribution in [1.29, 1.82) is 0 Å². The highest BCUT2D eigenvalue weighted by atomic mass is 16.3. The number of rotatable bonds is 2. The van der Waals surface area contributed by atoms with Crippen molar-refractivity contribution in [3.05, 3.63) is 0 Å². The zero-order valence-corrected chi connectivity index (χ0v) is 7.90. The van der Waals surface area contributed by atoms with E-state index in [-0.39, 0.29) is 30.4 Å². The lowest BCUT2D eigenvalue weighted by atomic mass is 10.00. The molecule has 2 aliphatic heterocycles. The first-order valence-corrected chi connectivity index (χ1v) is 4.89. The van der Waals surface area contributed by atoms with Crippen LogP contribution in [0.15, 0.2) is 0 Å². The normalized spacial score (nSPS) is 27.4. The lowest BCUT2D eigenvalue weighted by Gasteiger charge is -2.39.